The molecule has 1 aromatic heterocycles. The standard InChI is InChI=1S/C9H14FN3/c1-2-8(11)6-13-9-4-3-7(10)5-12-9/h3-5,8H,2,6,11H2,1H3,(H,12,13). The predicted molar refractivity (Wildman–Crippen MR) is 51.0 cm³/mol. The summed E-state index contributed by atoms with van der Waals surface area (Å²) in [6.07, 6.45) is 2.09. The Labute approximate surface area is 77.2 Å². The Hall–Kier alpha value is -1.16. The number of halogens is 1. The number of nitrogens with one attached hydrogen (secondary N) is 1. The van der Waals surface area contributed by atoms with Crippen LogP contribution in [0.5, 0.6) is 0 Å². The minimum absolute atomic E-state index is 0.117. The summed E-state index contributed by atoms with van der Waals surface area (Å²) in [6, 6.07) is 3.08. The average molecular weight is 183 g/mol. The van der Waals surface area contributed by atoms with Crippen LogP contribution in [0, 0.1) is 5.82 Å². The summed E-state index contributed by atoms with van der Waals surface area (Å²) in [5.74, 6) is 0.329. The van der Waals surface area contributed by atoms with Gasteiger partial charge in [0.2, 0.25) is 0 Å². The third kappa shape index (κ3) is 3.38. The molecule has 0 aliphatic heterocycles. The zero-order valence-electron chi connectivity index (χ0n) is 7.63. The first-order valence-corrected chi connectivity index (χ1v) is 4.33. The van der Waals surface area contributed by atoms with Gasteiger partial charge in [0.1, 0.15) is 11.6 Å². The second-order valence-corrected chi connectivity index (χ2v) is 2.91. The van der Waals surface area contributed by atoms with E-state index < -0.39 is 0 Å². The van der Waals surface area contributed by atoms with Gasteiger partial charge in [0, 0.05) is 12.6 Å². The SMILES string of the molecule is CCC(N)CNc1ccc(F)cn1. The van der Waals surface area contributed by atoms with Crippen molar-refractivity contribution in [1.29, 1.82) is 0 Å². The van der Waals surface area contributed by atoms with E-state index in [4.69, 9.17) is 5.73 Å². The summed E-state index contributed by atoms with van der Waals surface area (Å²) in [6.45, 7) is 2.68. The van der Waals surface area contributed by atoms with E-state index in [1.165, 1.54) is 12.3 Å². The Kier molecular flexibility index (Phi) is 3.64. The van der Waals surface area contributed by atoms with Gasteiger partial charge in [-0.15, -0.1) is 0 Å². The molecule has 0 fully saturated rings. The van der Waals surface area contributed by atoms with Crippen LogP contribution in [0.25, 0.3) is 0 Å². The van der Waals surface area contributed by atoms with Crippen LogP contribution in [0.3, 0.4) is 0 Å². The fraction of sp³-hybridized carbons (Fsp3) is 0.444. The first kappa shape index (κ1) is 9.92. The van der Waals surface area contributed by atoms with Gasteiger partial charge in [-0.1, -0.05) is 6.92 Å². The minimum atomic E-state index is -0.328. The summed E-state index contributed by atoms with van der Waals surface area (Å²) < 4.78 is 12.4. The summed E-state index contributed by atoms with van der Waals surface area (Å²) in [5, 5.41) is 3.02. The molecule has 0 amide bonds. The van der Waals surface area contributed by atoms with Crippen molar-refractivity contribution in [1.82, 2.24) is 4.98 Å². The third-order valence-electron chi connectivity index (χ3n) is 1.80. The molecule has 0 aliphatic rings. The number of pyridine rings is 1. The van der Waals surface area contributed by atoms with Crippen LogP contribution < -0.4 is 11.1 Å². The van der Waals surface area contributed by atoms with Gasteiger partial charge in [0.25, 0.3) is 0 Å². The van der Waals surface area contributed by atoms with Crippen LogP contribution in [-0.2, 0) is 0 Å². The number of hydrogen-bond donors (Lipinski definition) is 2. The van der Waals surface area contributed by atoms with E-state index >= 15 is 0 Å². The molecule has 1 atom stereocenters. The zero-order valence-corrected chi connectivity index (χ0v) is 7.63. The molecule has 3 nitrogen and oxygen atoms in total. The average Bonchev–Trinajstić information content (AvgIpc) is 2.16. The Morgan fingerprint density at radius 3 is 2.92 bits per heavy atom. The van der Waals surface area contributed by atoms with Gasteiger partial charge in [-0.2, -0.15) is 0 Å². The van der Waals surface area contributed by atoms with Gasteiger partial charge < -0.3 is 11.1 Å². The van der Waals surface area contributed by atoms with Crippen molar-refractivity contribution in [2.45, 2.75) is 19.4 Å². The monoisotopic (exact) mass is 183 g/mol. The van der Waals surface area contributed by atoms with E-state index in [9.17, 15) is 4.39 Å². The van der Waals surface area contributed by atoms with Gasteiger partial charge in [-0.05, 0) is 18.6 Å². The molecule has 3 N–H and O–H groups in total. The van der Waals surface area contributed by atoms with Crippen molar-refractivity contribution >= 4 is 5.82 Å². The molecule has 0 radical (unpaired) electrons. The highest BCUT2D eigenvalue weighted by molar-refractivity contribution is 5.33. The van der Waals surface area contributed by atoms with Crippen molar-refractivity contribution in [3.05, 3.63) is 24.1 Å². The first-order chi connectivity index (χ1) is 6.22. The quantitative estimate of drug-likeness (QED) is 0.741. The molecule has 0 saturated heterocycles. The molecule has 13 heavy (non-hydrogen) atoms. The van der Waals surface area contributed by atoms with Crippen LogP contribution in [0.4, 0.5) is 10.2 Å². The van der Waals surface area contributed by atoms with Crippen molar-refractivity contribution in [2.24, 2.45) is 5.73 Å². The largest absolute Gasteiger partial charge is 0.369 e. The lowest BCUT2D eigenvalue weighted by atomic mass is 10.2. The van der Waals surface area contributed by atoms with Crippen molar-refractivity contribution in [3.8, 4) is 0 Å². The van der Waals surface area contributed by atoms with E-state index in [0.29, 0.717) is 12.4 Å². The molecule has 0 aromatic carbocycles. The van der Waals surface area contributed by atoms with Gasteiger partial charge in [-0.3, -0.25) is 0 Å². The lowest BCUT2D eigenvalue weighted by molar-refractivity contribution is 0.621. The summed E-state index contributed by atoms with van der Waals surface area (Å²) in [7, 11) is 0. The van der Waals surface area contributed by atoms with Gasteiger partial charge in [-0.25, -0.2) is 9.37 Å². The molecule has 1 rings (SSSR count). The number of hydrogen-bond acceptors (Lipinski definition) is 3. The lowest BCUT2D eigenvalue weighted by Crippen LogP contribution is -2.28. The fourth-order valence-electron chi connectivity index (χ4n) is 0.860. The molecule has 72 valence electrons. The summed E-state index contributed by atoms with van der Waals surface area (Å²) >= 11 is 0. The van der Waals surface area contributed by atoms with E-state index in [1.54, 1.807) is 6.07 Å². The Balaban J connectivity index is 2.41. The highest BCUT2D eigenvalue weighted by atomic mass is 19.1. The molecular formula is C9H14FN3. The maximum Gasteiger partial charge on any atom is 0.141 e. The molecule has 1 aromatic rings. The molecule has 0 bridgehead atoms. The first-order valence-electron chi connectivity index (χ1n) is 4.33. The van der Waals surface area contributed by atoms with Crippen molar-refractivity contribution in [3.63, 3.8) is 0 Å². The van der Waals surface area contributed by atoms with E-state index in [1.807, 2.05) is 6.92 Å². The number of nitrogens with two attached hydrogens (primary N) is 1. The predicted octanol–water partition coefficient (Wildman–Crippen LogP) is 1.37. The van der Waals surface area contributed by atoms with Crippen LogP contribution in [0.1, 0.15) is 13.3 Å². The van der Waals surface area contributed by atoms with Gasteiger partial charge in [0.15, 0.2) is 0 Å². The number of aromatic nitrogens is 1. The minimum Gasteiger partial charge on any atom is -0.369 e. The topological polar surface area (TPSA) is 50.9 Å². The third-order valence-corrected chi connectivity index (χ3v) is 1.80. The van der Waals surface area contributed by atoms with E-state index in [2.05, 4.69) is 10.3 Å². The zero-order chi connectivity index (χ0) is 9.68. The Bertz CT molecular complexity index is 248. The van der Waals surface area contributed by atoms with Crippen LogP contribution in [0.15, 0.2) is 18.3 Å². The maximum atomic E-state index is 12.4. The number of rotatable bonds is 4. The highest BCUT2D eigenvalue weighted by Crippen LogP contribution is 2.03. The molecule has 1 heterocycles. The molecule has 0 aliphatic carbocycles. The Morgan fingerprint density at radius 2 is 2.38 bits per heavy atom. The molecular weight excluding hydrogens is 169 g/mol. The van der Waals surface area contributed by atoms with Gasteiger partial charge >= 0.3 is 0 Å². The maximum absolute atomic E-state index is 12.4. The molecule has 0 spiro atoms. The van der Waals surface area contributed by atoms with E-state index in [-0.39, 0.29) is 11.9 Å². The van der Waals surface area contributed by atoms with Crippen molar-refractivity contribution < 1.29 is 4.39 Å². The van der Waals surface area contributed by atoms with Crippen LogP contribution in [-0.4, -0.2) is 17.6 Å². The number of anilines is 1. The summed E-state index contributed by atoms with van der Waals surface area (Å²) in [4.78, 5) is 3.84. The molecule has 1 unspecified atom stereocenters. The normalized spacial score (nSPS) is 12.5. The second kappa shape index (κ2) is 4.77. The van der Waals surface area contributed by atoms with Crippen molar-refractivity contribution in [2.75, 3.05) is 11.9 Å². The fourth-order valence-corrected chi connectivity index (χ4v) is 0.860. The van der Waals surface area contributed by atoms with Crippen LogP contribution >= 0.6 is 0 Å². The Morgan fingerprint density at radius 1 is 1.62 bits per heavy atom. The van der Waals surface area contributed by atoms with Crippen LogP contribution in [0.2, 0.25) is 0 Å². The smallest absolute Gasteiger partial charge is 0.141 e. The van der Waals surface area contributed by atoms with Gasteiger partial charge in [0.05, 0.1) is 6.20 Å². The summed E-state index contributed by atoms with van der Waals surface area (Å²) in [5.41, 5.74) is 5.69. The lowest BCUT2D eigenvalue weighted by Gasteiger charge is -2.10. The van der Waals surface area contributed by atoms with E-state index in [0.717, 1.165) is 6.42 Å². The molecule has 0 saturated carbocycles. The molecule has 4 heteroatoms. The number of nitrogens with zero attached hydrogens (tertiary/aromatic N) is 1. The highest BCUT2D eigenvalue weighted by Gasteiger charge is 1.99. The second-order valence-electron chi connectivity index (χ2n) is 2.91.